The van der Waals surface area contributed by atoms with E-state index < -0.39 is 0 Å². The summed E-state index contributed by atoms with van der Waals surface area (Å²) in [5.74, 6) is 0.0775. The molecule has 0 heterocycles. The molecule has 0 bridgehead atoms. The highest BCUT2D eigenvalue weighted by Gasteiger charge is 2.24. The van der Waals surface area contributed by atoms with Crippen molar-refractivity contribution >= 4 is 17.5 Å². The SMILES string of the molecule is O=C(Cc1ccccc1)N[C@H]1CCCC[C@@H]1Cl. The molecule has 1 aromatic rings. The monoisotopic (exact) mass is 251 g/mol. The van der Waals surface area contributed by atoms with Crippen LogP contribution in [0.3, 0.4) is 0 Å². The van der Waals surface area contributed by atoms with E-state index in [9.17, 15) is 4.79 Å². The Hall–Kier alpha value is -1.02. The molecule has 1 aromatic carbocycles. The van der Waals surface area contributed by atoms with Gasteiger partial charge in [-0.25, -0.2) is 0 Å². The first-order valence-corrected chi connectivity index (χ1v) is 6.67. The van der Waals surface area contributed by atoms with Gasteiger partial charge in [0.1, 0.15) is 0 Å². The third-order valence-electron chi connectivity index (χ3n) is 3.24. The Balaban J connectivity index is 1.84. The maximum absolute atomic E-state index is 11.9. The van der Waals surface area contributed by atoms with Gasteiger partial charge in [-0.05, 0) is 18.4 Å². The highest BCUT2D eigenvalue weighted by Crippen LogP contribution is 2.23. The normalized spacial score (nSPS) is 24.3. The van der Waals surface area contributed by atoms with Gasteiger partial charge < -0.3 is 5.32 Å². The molecule has 1 fully saturated rings. The number of rotatable bonds is 3. The van der Waals surface area contributed by atoms with Crippen LogP contribution in [0.5, 0.6) is 0 Å². The molecule has 2 rings (SSSR count). The second-order valence-electron chi connectivity index (χ2n) is 4.64. The first-order chi connectivity index (χ1) is 8.25. The van der Waals surface area contributed by atoms with Gasteiger partial charge in [0, 0.05) is 6.04 Å². The number of carbonyl (C=O) groups excluding carboxylic acids is 1. The van der Waals surface area contributed by atoms with E-state index in [4.69, 9.17) is 11.6 Å². The zero-order valence-electron chi connectivity index (χ0n) is 9.86. The molecule has 1 aliphatic carbocycles. The number of halogens is 1. The van der Waals surface area contributed by atoms with Crippen LogP contribution in [-0.4, -0.2) is 17.3 Å². The van der Waals surface area contributed by atoms with Crippen molar-refractivity contribution in [1.82, 2.24) is 5.32 Å². The van der Waals surface area contributed by atoms with Crippen molar-refractivity contribution in [2.24, 2.45) is 0 Å². The summed E-state index contributed by atoms with van der Waals surface area (Å²) in [6.45, 7) is 0. The van der Waals surface area contributed by atoms with E-state index >= 15 is 0 Å². The fourth-order valence-electron chi connectivity index (χ4n) is 2.29. The quantitative estimate of drug-likeness (QED) is 0.823. The van der Waals surface area contributed by atoms with E-state index in [2.05, 4.69) is 5.32 Å². The zero-order chi connectivity index (χ0) is 12.1. The maximum Gasteiger partial charge on any atom is 0.224 e. The van der Waals surface area contributed by atoms with Gasteiger partial charge in [0.25, 0.3) is 0 Å². The van der Waals surface area contributed by atoms with Gasteiger partial charge in [-0.15, -0.1) is 11.6 Å². The molecule has 1 amide bonds. The van der Waals surface area contributed by atoms with Gasteiger partial charge in [0.2, 0.25) is 5.91 Å². The molecular formula is C14H18ClNO. The van der Waals surface area contributed by atoms with Crippen LogP contribution in [0.4, 0.5) is 0 Å². The lowest BCUT2D eigenvalue weighted by Crippen LogP contribution is -2.43. The van der Waals surface area contributed by atoms with Crippen molar-refractivity contribution in [3.05, 3.63) is 35.9 Å². The average Bonchev–Trinajstić information content (AvgIpc) is 2.33. The summed E-state index contributed by atoms with van der Waals surface area (Å²) in [5.41, 5.74) is 1.05. The van der Waals surface area contributed by atoms with Gasteiger partial charge in [0.15, 0.2) is 0 Å². The van der Waals surface area contributed by atoms with Crippen molar-refractivity contribution in [3.8, 4) is 0 Å². The molecule has 3 heteroatoms. The van der Waals surface area contributed by atoms with Crippen LogP contribution in [0.1, 0.15) is 31.2 Å². The van der Waals surface area contributed by atoms with Crippen LogP contribution < -0.4 is 5.32 Å². The highest BCUT2D eigenvalue weighted by molar-refractivity contribution is 6.21. The van der Waals surface area contributed by atoms with Crippen LogP contribution in [0.2, 0.25) is 0 Å². The molecule has 0 aliphatic heterocycles. The van der Waals surface area contributed by atoms with Gasteiger partial charge >= 0.3 is 0 Å². The van der Waals surface area contributed by atoms with Crippen LogP contribution in [-0.2, 0) is 11.2 Å². The number of amides is 1. The standard InChI is InChI=1S/C14H18ClNO/c15-12-8-4-5-9-13(12)16-14(17)10-11-6-2-1-3-7-11/h1-3,6-7,12-13H,4-5,8-10H2,(H,16,17)/t12-,13-/m0/s1. The van der Waals surface area contributed by atoms with Crippen LogP contribution in [0.25, 0.3) is 0 Å². The lowest BCUT2D eigenvalue weighted by molar-refractivity contribution is -0.121. The molecule has 0 spiro atoms. The first-order valence-electron chi connectivity index (χ1n) is 6.23. The molecule has 0 radical (unpaired) electrons. The fraction of sp³-hybridized carbons (Fsp3) is 0.500. The number of hydrogen-bond donors (Lipinski definition) is 1. The molecule has 2 nitrogen and oxygen atoms in total. The second-order valence-corrected chi connectivity index (χ2v) is 5.20. The maximum atomic E-state index is 11.9. The van der Waals surface area contributed by atoms with E-state index in [1.807, 2.05) is 30.3 Å². The van der Waals surface area contributed by atoms with Crippen molar-refractivity contribution in [2.45, 2.75) is 43.5 Å². The Labute approximate surface area is 107 Å². The molecule has 0 unspecified atom stereocenters. The molecule has 1 N–H and O–H groups in total. The number of carbonyl (C=O) groups is 1. The van der Waals surface area contributed by atoms with Crippen LogP contribution in [0.15, 0.2) is 30.3 Å². The molecule has 1 saturated carbocycles. The predicted octanol–water partition coefficient (Wildman–Crippen LogP) is 2.90. The summed E-state index contributed by atoms with van der Waals surface area (Å²) in [5, 5.41) is 3.15. The third-order valence-corrected chi connectivity index (χ3v) is 3.76. The minimum atomic E-state index is 0.0775. The van der Waals surface area contributed by atoms with E-state index in [1.165, 1.54) is 12.8 Å². The van der Waals surface area contributed by atoms with Crippen molar-refractivity contribution in [2.75, 3.05) is 0 Å². The third kappa shape index (κ3) is 3.74. The lowest BCUT2D eigenvalue weighted by Gasteiger charge is -2.27. The van der Waals surface area contributed by atoms with Crippen LogP contribution in [0, 0.1) is 0 Å². The zero-order valence-corrected chi connectivity index (χ0v) is 10.6. The molecule has 1 aliphatic rings. The van der Waals surface area contributed by atoms with E-state index in [0.29, 0.717) is 6.42 Å². The summed E-state index contributed by atoms with van der Waals surface area (Å²) < 4.78 is 0. The molecule has 17 heavy (non-hydrogen) atoms. The van der Waals surface area contributed by atoms with Crippen molar-refractivity contribution < 1.29 is 4.79 Å². The first kappa shape index (κ1) is 12.4. The van der Waals surface area contributed by atoms with E-state index in [1.54, 1.807) is 0 Å². The van der Waals surface area contributed by atoms with E-state index in [0.717, 1.165) is 18.4 Å². The van der Waals surface area contributed by atoms with Gasteiger partial charge in [-0.3, -0.25) is 4.79 Å². The number of alkyl halides is 1. The minimum absolute atomic E-state index is 0.0775. The largest absolute Gasteiger partial charge is 0.352 e. The Morgan fingerprint density at radius 2 is 1.94 bits per heavy atom. The lowest BCUT2D eigenvalue weighted by atomic mass is 9.94. The fourth-order valence-corrected chi connectivity index (χ4v) is 2.63. The second kappa shape index (κ2) is 6.06. The van der Waals surface area contributed by atoms with Gasteiger partial charge in [-0.1, -0.05) is 43.2 Å². The molecular weight excluding hydrogens is 234 g/mol. The summed E-state index contributed by atoms with van der Waals surface area (Å²) in [7, 11) is 0. The number of hydrogen-bond acceptors (Lipinski definition) is 1. The Bertz CT molecular complexity index is 366. The summed E-state index contributed by atoms with van der Waals surface area (Å²) in [6, 6.07) is 9.96. The number of nitrogens with one attached hydrogen (secondary N) is 1. The average molecular weight is 252 g/mol. The number of benzene rings is 1. The predicted molar refractivity (Wildman–Crippen MR) is 70.2 cm³/mol. The van der Waals surface area contributed by atoms with E-state index in [-0.39, 0.29) is 17.3 Å². The van der Waals surface area contributed by atoms with Gasteiger partial charge in [0.05, 0.1) is 11.8 Å². The molecule has 0 saturated heterocycles. The highest BCUT2D eigenvalue weighted by atomic mass is 35.5. The molecule has 2 atom stereocenters. The topological polar surface area (TPSA) is 29.1 Å². The Kier molecular flexibility index (Phi) is 4.43. The van der Waals surface area contributed by atoms with Crippen LogP contribution >= 0.6 is 11.6 Å². The summed E-state index contributed by atoms with van der Waals surface area (Å²) in [4.78, 5) is 11.9. The molecule has 0 aromatic heterocycles. The van der Waals surface area contributed by atoms with Crippen molar-refractivity contribution in [3.63, 3.8) is 0 Å². The molecule has 92 valence electrons. The Morgan fingerprint density at radius 3 is 2.65 bits per heavy atom. The Morgan fingerprint density at radius 1 is 1.24 bits per heavy atom. The summed E-state index contributed by atoms with van der Waals surface area (Å²) >= 11 is 6.22. The van der Waals surface area contributed by atoms with Crippen molar-refractivity contribution in [1.29, 1.82) is 0 Å². The smallest absolute Gasteiger partial charge is 0.224 e. The van der Waals surface area contributed by atoms with Gasteiger partial charge in [-0.2, -0.15) is 0 Å². The summed E-state index contributed by atoms with van der Waals surface area (Å²) in [6.07, 6.45) is 4.81. The minimum Gasteiger partial charge on any atom is -0.352 e.